The van der Waals surface area contributed by atoms with Crippen LogP contribution in [-0.4, -0.2) is 35.9 Å². The average molecular weight is 315 g/mol. The number of hydrogen-bond donors (Lipinski definition) is 1. The van der Waals surface area contributed by atoms with E-state index in [0.29, 0.717) is 12.5 Å². The van der Waals surface area contributed by atoms with Gasteiger partial charge >= 0.3 is 0 Å². The van der Waals surface area contributed by atoms with Crippen LogP contribution in [0.1, 0.15) is 50.5 Å². The molecule has 1 aliphatic carbocycles. The maximum absolute atomic E-state index is 11.5. The van der Waals surface area contributed by atoms with Gasteiger partial charge in [0.2, 0.25) is 0 Å². The van der Waals surface area contributed by atoms with Gasteiger partial charge in [0.25, 0.3) is 0 Å². The molecule has 3 heteroatoms. The summed E-state index contributed by atoms with van der Waals surface area (Å²) < 4.78 is 6.32. The molecule has 3 heterocycles. The molecular formula is C20H29NO2. The van der Waals surface area contributed by atoms with Gasteiger partial charge in [0, 0.05) is 13.1 Å². The minimum atomic E-state index is -0.824. The van der Waals surface area contributed by atoms with E-state index < -0.39 is 5.60 Å². The van der Waals surface area contributed by atoms with Crippen molar-refractivity contribution < 1.29 is 9.84 Å². The molecule has 1 aromatic carbocycles. The topological polar surface area (TPSA) is 32.7 Å². The number of rotatable bonds is 5. The fourth-order valence-electron chi connectivity index (χ4n) is 4.87. The number of hydrogen-bond acceptors (Lipinski definition) is 3. The second kappa shape index (κ2) is 6.54. The zero-order chi connectivity index (χ0) is 15.7. The van der Waals surface area contributed by atoms with E-state index >= 15 is 0 Å². The normalized spacial score (nSPS) is 33.7. The predicted octanol–water partition coefficient (Wildman–Crippen LogP) is 3.52. The largest absolute Gasteiger partial charge is 0.382 e. The Hall–Kier alpha value is -0.900. The molecule has 3 saturated heterocycles. The fourth-order valence-corrected chi connectivity index (χ4v) is 4.87. The Balaban J connectivity index is 1.49. The standard InChI is InChI=1S/C20H29NO2/c22-20(18-8-4-5-9-18,17-6-2-1-3-7-17)15-23-19-14-16-10-12-21(19)13-11-16/h1-3,6-7,16,18-19,22H,4-5,8-15H2. The minimum absolute atomic E-state index is 0.221. The van der Waals surface area contributed by atoms with Crippen molar-refractivity contribution in [3.8, 4) is 0 Å². The molecule has 126 valence electrons. The van der Waals surface area contributed by atoms with Crippen LogP contribution in [0.2, 0.25) is 0 Å². The first-order chi connectivity index (χ1) is 11.3. The van der Waals surface area contributed by atoms with Crippen LogP contribution in [0.15, 0.2) is 30.3 Å². The van der Waals surface area contributed by atoms with E-state index in [9.17, 15) is 5.11 Å². The van der Waals surface area contributed by atoms with Crippen LogP contribution in [-0.2, 0) is 10.3 Å². The molecule has 3 aliphatic heterocycles. The molecule has 0 radical (unpaired) electrons. The maximum atomic E-state index is 11.5. The second-order valence-electron chi connectivity index (χ2n) is 7.75. The van der Waals surface area contributed by atoms with Gasteiger partial charge in [-0.15, -0.1) is 0 Å². The number of piperidine rings is 3. The van der Waals surface area contributed by atoms with Crippen LogP contribution < -0.4 is 0 Å². The summed E-state index contributed by atoms with van der Waals surface area (Å²) in [6.45, 7) is 2.78. The molecule has 4 fully saturated rings. The summed E-state index contributed by atoms with van der Waals surface area (Å²) in [6, 6.07) is 10.2. The van der Waals surface area contributed by atoms with Gasteiger partial charge in [-0.1, -0.05) is 43.2 Å². The van der Waals surface area contributed by atoms with Gasteiger partial charge in [0.1, 0.15) is 11.8 Å². The lowest BCUT2D eigenvalue weighted by atomic mass is 9.80. The predicted molar refractivity (Wildman–Crippen MR) is 91.0 cm³/mol. The van der Waals surface area contributed by atoms with Crippen molar-refractivity contribution in [2.24, 2.45) is 11.8 Å². The van der Waals surface area contributed by atoms with Crippen molar-refractivity contribution in [2.75, 3.05) is 19.7 Å². The van der Waals surface area contributed by atoms with Crippen molar-refractivity contribution in [3.63, 3.8) is 0 Å². The highest BCUT2D eigenvalue weighted by molar-refractivity contribution is 5.24. The summed E-state index contributed by atoms with van der Waals surface area (Å²) in [5, 5.41) is 11.5. The van der Waals surface area contributed by atoms with Gasteiger partial charge in [0.05, 0.1) is 6.61 Å². The highest BCUT2D eigenvalue weighted by Crippen LogP contribution is 2.42. The van der Waals surface area contributed by atoms with Gasteiger partial charge in [-0.2, -0.15) is 0 Å². The molecule has 0 spiro atoms. The summed E-state index contributed by atoms with van der Waals surface area (Å²) in [5.74, 6) is 1.17. The van der Waals surface area contributed by atoms with E-state index in [1.54, 1.807) is 0 Å². The van der Waals surface area contributed by atoms with Gasteiger partial charge in [-0.25, -0.2) is 0 Å². The Morgan fingerprint density at radius 1 is 1.04 bits per heavy atom. The van der Waals surface area contributed by atoms with Crippen molar-refractivity contribution in [2.45, 2.75) is 56.8 Å². The molecule has 23 heavy (non-hydrogen) atoms. The van der Waals surface area contributed by atoms with Crippen LogP contribution >= 0.6 is 0 Å². The zero-order valence-electron chi connectivity index (χ0n) is 14.0. The van der Waals surface area contributed by atoms with Crippen LogP contribution in [0.5, 0.6) is 0 Å². The number of aliphatic hydroxyl groups is 1. The molecule has 3 nitrogen and oxygen atoms in total. The van der Waals surface area contributed by atoms with Crippen molar-refractivity contribution in [3.05, 3.63) is 35.9 Å². The minimum Gasteiger partial charge on any atom is -0.382 e. The summed E-state index contributed by atoms with van der Waals surface area (Å²) in [7, 11) is 0. The monoisotopic (exact) mass is 315 g/mol. The lowest BCUT2D eigenvalue weighted by Gasteiger charge is -2.46. The van der Waals surface area contributed by atoms with E-state index in [1.165, 1.54) is 38.8 Å². The molecule has 4 aliphatic rings. The molecule has 2 bridgehead atoms. The third-order valence-electron chi connectivity index (χ3n) is 6.39. The molecular weight excluding hydrogens is 286 g/mol. The number of fused-ring (bicyclic) bond motifs is 3. The quantitative estimate of drug-likeness (QED) is 0.902. The Morgan fingerprint density at radius 3 is 2.35 bits per heavy atom. The average Bonchev–Trinajstić information content (AvgIpc) is 3.17. The van der Waals surface area contributed by atoms with E-state index in [1.807, 2.05) is 18.2 Å². The molecule has 1 N–H and O–H groups in total. The van der Waals surface area contributed by atoms with E-state index in [0.717, 1.165) is 30.7 Å². The highest BCUT2D eigenvalue weighted by Gasteiger charge is 2.42. The molecule has 0 amide bonds. The first-order valence-electron chi connectivity index (χ1n) is 9.39. The molecule has 1 aromatic rings. The molecule has 5 rings (SSSR count). The Bertz CT molecular complexity index is 506. The fraction of sp³-hybridized carbons (Fsp3) is 0.700. The lowest BCUT2D eigenvalue weighted by Crippen LogP contribution is -2.51. The first kappa shape index (κ1) is 15.6. The van der Waals surface area contributed by atoms with Crippen LogP contribution in [0, 0.1) is 11.8 Å². The number of nitrogens with zero attached hydrogens (tertiary/aromatic N) is 1. The molecule has 2 unspecified atom stereocenters. The third-order valence-corrected chi connectivity index (χ3v) is 6.39. The molecule has 0 aromatic heterocycles. The maximum Gasteiger partial charge on any atom is 0.116 e. The Labute approximate surface area is 139 Å². The van der Waals surface area contributed by atoms with Crippen LogP contribution in [0.25, 0.3) is 0 Å². The van der Waals surface area contributed by atoms with Gasteiger partial charge in [-0.05, 0) is 49.5 Å². The molecule has 1 saturated carbocycles. The SMILES string of the molecule is OC(COC1CC2CCN1CC2)(c1ccccc1)C1CCCC1. The third kappa shape index (κ3) is 3.07. The van der Waals surface area contributed by atoms with Gasteiger partial charge in [-0.3, -0.25) is 4.90 Å². The van der Waals surface area contributed by atoms with Gasteiger partial charge in [0.15, 0.2) is 0 Å². The summed E-state index contributed by atoms with van der Waals surface area (Å²) in [5.41, 5.74) is 0.207. The Kier molecular flexibility index (Phi) is 4.44. The highest BCUT2D eigenvalue weighted by atomic mass is 16.5. The summed E-state index contributed by atoms with van der Waals surface area (Å²) >= 11 is 0. The Morgan fingerprint density at radius 2 is 1.74 bits per heavy atom. The van der Waals surface area contributed by atoms with Gasteiger partial charge < -0.3 is 9.84 Å². The zero-order valence-corrected chi connectivity index (χ0v) is 14.0. The number of ether oxygens (including phenoxy) is 1. The van der Waals surface area contributed by atoms with Crippen LogP contribution in [0.4, 0.5) is 0 Å². The first-order valence-corrected chi connectivity index (χ1v) is 9.39. The van der Waals surface area contributed by atoms with Crippen molar-refractivity contribution in [1.82, 2.24) is 4.90 Å². The van der Waals surface area contributed by atoms with Crippen molar-refractivity contribution >= 4 is 0 Å². The molecule has 2 atom stereocenters. The van der Waals surface area contributed by atoms with E-state index in [2.05, 4.69) is 17.0 Å². The van der Waals surface area contributed by atoms with Crippen molar-refractivity contribution in [1.29, 1.82) is 0 Å². The number of benzene rings is 1. The van der Waals surface area contributed by atoms with Crippen LogP contribution in [0.3, 0.4) is 0 Å². The lowest BCUT2D eigenvalue weighted by molar-refractivity contribution is -0.172. The second-order valence-corrected chi connectivity index (χ2v) is 7.75. The van der Waals surface area contributed by atoms with E-state index in [-0.39, 0.29) is 6.23 Å². The van der Waals surface area contributed by atoms with E-state index in [4.69, 9.17) is 4.74 Å². The summed E-state index contributed by atoms with van der Waals surface area (Å²) in [6.07, 6.45) is 8.72. The smallest absolute Gasteiger partial charge is 0.116 e. The summed E-state index contributed by atoms with van der Waals surface area (Å²) in [4.78, 5) is 2.47.